The van der Waals surface area contributed by atoms with Gasteiger partial charge in [0.25, 0.3) is 10.0 Å². The van der Waals surface area contributed by atoms with E-state index >= 15 is 0 Å². The van der Waals surface area contributed by atoms with E-state index in [1.54, 1.807) is 24.3 Å². The van der Waals surface area contributed by atoms with E-state index in [0.717, 1.165) is 56.6 Å². The van der Waals surface area contributed by atoms with Gasteiger partial charge in [-0.1, -0.05) is 13.0 Å². The normalized spacial score (nSPS) is 15.9. The van der Waals surface area contributed by atoms with Crippen LogP contribution in [-0.2, 0) is 10.0 Å². The van der Waals surface area contributed by atoms with Crippen molar-refractivity contribution in [2.24, 2.45) is 0 Å². The number of likely N-dealkylation sites (N-methyl/N-ethyl adjacent to an activating group) is 1. The van der Waals surface area contributed by atoms with Crippen molar-refractivity contribution in [3.63, 3.8) is 0 Å². The zero-order valence-corrected chi connectivity index (χ0v) is 15.3. The molecule has 1 N–H and O–H groups in total. The van der Waals surface area contributed by atoms with Crippen molar-refractivity contribution >= 4 is 21.4 Å². The number of piperazine rings is 1. The topological polar surface area (TPSA) is 52.6 Å². The molecule has 140 valence electrons. The molecule has 0 spiro atoms. The van der Waals surface area contributed by atoms with Crippen LogP contribution in [0, 0.1) is 11.6 Å². The van der Waals surface area contributed by atoms with Crippen LogP contribution >= 0.6 is 0 Å². The number of nitrogens with one attached hydrogen (secondary N) is 1. The maximum absolute atomic E-state index is 13.7. The van der Waals surface area contributed by atoms with Crippen LogP contribution in [0.3, 0.4) is 0 Å². The first-order chi connectivity index (χ1) is 12.4. The quantitative estimate of drug-likeness (QED) is 0.865. The Bertz CT molecular complexity index is 844. The van der Waals surface area contributed by atoms with Gasteiger partial charge in [-0.3, -0.25) is 4.72 Å². The first kappa shape index (κ1) is 18.6. The fourth-order valence-corrected chi connectivity index (χ4v) is 4.21. The zero-order valence-electron chi connectivity index (χ0n) is 14.5. The summed E-state index contributed by atoms with van der Waals surface area (Å²) in [6.45, 7) is 6.93. The Morgan fingerprint density at radius 3 is 2.08 bits per heavy atom. The van der Waals surface area contributed by atoms with Crippen LogP contribution in [0.15, 0.2) is 47.4 Å². The summed E-state index contributed by atoms with van der Waals surface area (Å²) in [6.07, 6.45) is 0. The molecule has 0 bridgehead atoms. The second-order valence-corrected chi connectivity index (χ2v) is 7.74. The number of hydrogen-bond donors (Lipinski definition) is 1. The molecule has 1 fully saturated rings. The van der Waals surface area contributed by atoms with Gasteiger partial charge in [-0.05, 0) is 42.9 Å². The summed E-state index contributed by atoms with van der Waals surface area (Å²) in [5.74, 6) is -2.24. The lowest BCUT2D eigenvalue weighted by molar-refractivity contribution is 0.271. The van der Waals surface area contributed by atoms with E-state index in [0.29, 0.717) is 0 Å². The van der Waals surface area contributed by atoms with Crippen molar-refractivity contribution in [3.05, 3.63) is 54.1 Å². The predicted molar refractivity (Wildman–Crippen MR) is 97.9 cm³/mol. The van der Waals surface area contributed by atoms with Gasteiger partial charge in [0.2, 0.25) is 0 Å². The molecule has 0 radical (unpaired) electrons. The van der Waals surface area contributed by atoms with Gasteiger partial charge in [0, 0.05) is 37.6 Å². The van der Waals surface area contributed by atoms with Crippen LogP contribution in [0.5, 0.6) is 0 Å². The Morgan fingerprint density at radius 2 is 1.54 bits per heavy atom. The molecule has 0 unspecified atom stereocenters. The van der Waals surface area contributed by atoms with E-state index in [1.165, 1.54) is 0 Å². The van der Waals surface area contributed by atoms with Crippen LogP contribution in [-0.4, -0.2) is 46.0 Å². The number of sulfonamides is 1. The Balaban J connectivity index is 1.73. The Kier molecular flexibility index (Phi) is 5.43. The molecule has 0 aromatic heterocycles. The van der Waals surface area contributed by atoms with Gasteiger partial charge in [-0.2, -0.15) is 0 Å². The number of halogens is 2. The molecular weight excluding hydrogens is 360 g/mol. The average Bonchev–Trinajstić information content (AvgIpc) is 2.62. The zero-order chi connectivity index (χ0) is 18.7. The second kappa shape index (κ2) is 7.59. The number of nitrogens with zero attached hydrogens (tertiary/aromatic N) is 2. The number of hydrogen-bond acceptors (Lipinski definition) is 4. The molecule has 26 heavy (non-hydrogen) atoms. The summed E-state index contributed by atoms with van der Waals surface area (Å²) in [7, 11) is -4.34. The van der Waals surface area contributed by atoms with Crippen molar-refractivity contribution in [1.29, 1.82) is 0 Å². The molecule has 0 amide bonds. The maximum atomic E-state index is 13.7. The average molecular weight is 381 g/mol. The molecule has 0 atom stereocenters. The van der Waals surface area contributed by atoms with Crippen LogP contribution in [0.4, 0.5) is 20.2 Å². The number of rotatable bonds is 5. The molecule has 1 aliphatic rings. The molecule has 8 heteroatoms. The molecule has 2 aromatic carbocycles. The third-order valence-electron chi connectivity index (χ3n) is 4.49. The third-order valence-corrected chi connectivity index (χ3v) is 5.92. The first-order valence-electron chi connectivity index (χ1n) is 8.45. The monoisotopic (exact) mass is 381 g/mol. The largest absolute Gasteiger partial charge is 0.369 e. The minimum Gasteiger partial charge on any atom is -0.369 e. The Labute approximate surface area is 152 Å². The fourth-order valence-electron chi connectivity index (χ4n) is 3.01. The van der Waals surface area contributed by atoms with Crippen molar-refractivity contribution < 1.29 is 17.2 Å². The van der Waals surface area contributed by atoms with E-state index in [1.807, 2.05) is 0 Å². The summed E-state index contributed by atoms with van der Waals surface area (Å²) in [5.41, 5.74) is 1.24. The third kappa shape index (κ3) is 3.96. The summed E-state index contributed by atoms with van der Waals surface area (Å²) >= 11 is 0. The lowest BCUT2D eigenvalue weighted by atomic mass is 10.2. The Hall–Kier alpha value is -2.19. The highest BCUT2D eigenvalue weighted by molar-refractivity contribution is 7.92. The van der Waals surface area contributed by atoms with Crippen LogP contribution in [0.25, 0.3) is 0 Å². The highest BCUT2D eigenvalue weighted by Crippen LogP contribution is 2.24. The molecule has 0 saturated carbocycles. The van der Waals surface area contributed by atoms with Crippen LogP contribution in [0.2, 0.25) is 0 Å². The van der Waals surface area contributed by atoms with Gasteiger partial charge < -0.3 is 9.80 Å². The molecule has 1 aliphatic heterocycles. The molecule has 1 saturated heterocycles. The molecule has 5 nitrogen and oxygen atoms in total. The highest BCUT2D eigenvalue weighted by atomic mass is 32.2. The van der Waals surface area contributed by atoms with Gasteiger partial charge >= 0.3 is 0 Å². The van der Waals surface area contributed by atoms with E-state index in [4.69, 9.17) is 0 Å². The minimum atomic E-state index is -4.34. The molecular formula is C18H21F2N3O2S. The summed E-state index contributed by atoms with van der Waals surface area (Å²) in [5, 5.41) is 0. The van der Waals surface area contributed by atoms with Gasteiger partial charge in [-0.15, -0.1) is 0 Å². The maximum Gasteiger partial charge on any atom is 0.267 e. The smallest absolute Gasteiger partial charge is 0.267 e. The number of benzene rings is 2. The van der Waals surface area contributed by atoms with Crippen molar-refractivity contribution in [2.75, 3.05) is 42.3 Å². The van der Waals surface area contributed by atoms with Gasteiger partial charge in [0.1, 0.15) is 11.6 Å². The Morgan fingerprint density at radius 1 is 0.962 bits per heavy atom. The molecule has 2 aromatic rings. The fraction of sp³-hybridized carbons (Fsp3) is 0.333. The van der Waals surface area contributed by atoms with Gasteiger partial charge in [0.05, 0.1) is 0 Å². The summed E-state index contributed by atoms with van der Waals surface area (Å²) < 4.78 is 54.3. The van der Waals surface area contributed by atoms with Crippen LogP contribution in [0.1, 0.15) is 6.92 Å². The minimum absolute atomic E-state index is 0.253. The van der Waals surface area contributed by atoms with Crippen molar-refractivity contribution in [2.45, 2.75) is 11.8 Å². The molecule has 3 rings (SSSR count). The van der Waals surface area contributed by atoms with Gasteiger partial charge in [-0.25, -0.2) is 17.2 Å². The van der Waals surface area contributed by atoms with Gasteiger partial charge in [0.15, 0.2) is 4.90 Å². The van der Waals surface area contributed by atoms with Crippen molar-refractivity contribution in [3.8, 4) is 0 Å². The van der Waals surface area contributed by atoms with E-state index in [2.05, 4.69) is 21.4 Å². The van der Waals surface area contributed by atoms with E-state index < -0.39 is 26.6 Å². The predicted octanol–water partition coefficient (Wildman–Crippen LogP) is 2.91. The highest BCUT2D eigenvalue weighted by Gasteiger charge is 2.24. The summed E-state index contributed by atoms with van der Waals surface area (Å²) in [6, 6.07) is 9.74. The second-order valence-electron chi connectivity index (χ2n) is 6.12. The van der Waals surface area contributed by atoms with E-state index in [-0.39, 0.29) is 5.69 Å². The SMILES string of the molecule is CCN1CCN(c2ccc(NS(=O)(=O)c3c(F)cccc3F)cc2)CC1. The van der Waals surface area contributed by atoms with E-state index in [9.17, 15) is 17.2 Å². The van der Waals surface area contributed by atoms with Crippen LogP contribution < -0.4 is 9.62 Å². The molecule has 1 heterocycles. The lowest BCUT2D eigenvalue weighted by Gasteiger charge is -2.35. The first-order valence-corrected chi connectivity index (χ1v) is 9.93. The van der Waals surface area contributed by atoms with Crippen molar-refractivity contribution in [1.82, 2.24) is 4.90 Å². The summed E-state index contributed by atoms with van der Waals surface area (Å²) in [4.78, 5) is 3.61. The standard InChI is InChI=1S/C18H21F2N3O2S/c1-2-22-10-12-23(13-11-22)15-8-6-14(7-9-15)21-26(24,25)18-16(19)4-3-5-17(18)20/h3-9,21H,2,10-13H2,1H3. The lowest BCUT2D eigenvalue weighted by Crippen LogP contribution is -2.46. The number of anilines is 2. The molecule has 0 aliphatic carbocycles.